The fourth-order valence-electron chi connectivity index (χ4n) is 9.01. The molecule has 7 rings (SSSR count). The number of nitrogens with zero attached hydrogens (tertiary/aromatic N) is 4. The van der Waals surface area contributed by atoms with Crippen molar-refractivity contribution in [2.45, 2.75) is 178 Å². The third-order valence-electron chi connectivity index (χ3n) is 13.7. The summed E-state index contributed by atoms with van der Waals surface area (Å²) in [6, 6.07) is 0. The van der Waals surface area contributed by atoms with E-state index in [1.165, 1.54) is 162 Å². The Kier molecular flexibility index (Phi) is 28.8. The van der Waals surface area contributed by atoms with E-state index in [9.17, 15) is 0 Å². The van der Waals surface area contributed by atoms with Crippen LogP contribution in [0.25, 0.3) is 0 Å². The van der Waals surface area contributed by atoms with Crippen molar-refractivity contribution in [2.24, 2.45) is 59.2 Å². The molecule has 4 heterocycles. The molecule has 4 aliphatic heterocycles. The predicted octanol–water partition coefficient (Wildman–Crippen LogP) is 12.7. The van der Waals surface area contributed by atoms with Crippen LogP contribution in [0, 0.1) is 59.2 Å². The highest BCUT2D eigenvalue weighted by Crippen LogP contribution is 2.29. The van der Waals surface area contributed by atoms with Crippen molar-refractivity contribution in [3.8, 4) is 0 Å². The fraction of sp³-hybridized carbons (Fsp3) is 1.00. The van der Waals surface area contributed by atoms with Crippen LogP contribution in [0.15, 0.2) is 0 Å². The Bertz CT molecular complexity index is 653. The number of hydrogen-bond donors (Lipinski definition) is 0. The first-order valence-electron chi connectivity index (χ1n) is 23.8. The molecule has 0 radical (unpaired) electrons. The van der Waals surface area contributed by atoms with Crippen molar-refractivity contribution < 1.29 is 0 Å². The molecule has 53 heavy (non-hydrogen) atoms. The van der Waals surface area contributed by atoms with Crippen molar-refractivity contribution in [1.82, 2.24) is 19.6 Å². The Morgan fingerprint density at radius 3 is 0.642 bits per heavy atom. The average molecular weight is 747 g/mol. The van der Waals surface area contributed by atoms with Crippen LogP contribution in [0.4, 0.5) is 0 Å². The topological polar surface area (TPSA) is 13.0 Å². The third kappa shape index (κ3) is 28.8. The molecule has 0 bridgehead atoms. The van der Waals surface area contributed by atoms with E-state index in [2.05, 4.69) is 117 Å². The zero-order chi connectivity index (χ0) is 39.8. The van der Waals surface area contributed by atoms with Gasteiger partial charge in [-0.05, 0) is 146 Å². The van der Waals surface area contributed by atoms with Gasteiger partial charge in [-0.3, -0.25) is 0 Å². The summed E-state index contributed by atoms with van der Waals surface area (Å²) < 4.78 is 0. The van der Waals surface area contributed by atoms with Crippen molar-refractivity contribution in [3.63, 3.8) is 0 Å². The SMILES string of the molecule is CC1CCC(C)CC1.CC1CCC(C)CC1.CC1CCC(C)CC1.CC1CCCN(C)C1.CC1CCN(C)C1.CC1CCN(C)CC1.CC1CN(C)C1. The summed E-state index contributed by atoms with van der Waals surface area (Å²) in [7, 11) is 8.74. The van der Waals surface area contributed by atoms with Gasteiger partial charge >= 0.3 is 0 Å². The smallest absolute Gasteiger partial charge is 0.00163 e. The minimum Gasteiger partial charge on any atom is -0.306 e. The van der Waals surface area contributed by atoms with Gasteiger partial charge in [0.1, 0.15) is 0 Å². The van der Waals surface area contributed by atoms with Gasteiger partial charge in [-0.15, -0.1) is 0 Å². The monoisotopic (exact) mass is 747 g/mol. The van der Waals surface area contributed by atoms with Crippen LogP contribution in [-0.4, -0.2) is 100 Å². The van der Waals surface area contributed by atoms with Gasteiger partial charge < -0.3 is 19.6 Å². The molecule has 7 fully saturated rings. The van der Waals surface area contributed by atoms with E-state index >= 15 is 0 Å². The molecule has 3 saturated carbocycles. The molecule has 4 heteroatoms. The normalized spacial score (nSPS) is 34.5. The molecule has 0 spiro atoms. The molecule has 0 amide bonds. The highest BCUT2D eigenvalue weighted by molar-refractivity contribution is 4.72. The lowest BCUT2D eigenvalue weighted by molar-refractivity contribution is 0.149. The number of hydrogen-bond acceptors (Lipinski definition) is 4. The molecule has 4 nitrogen and oxygen atoms in total. The number of piperidine rings is 2. The van der Waals surface area contributed by atoms with Crippen LogP contribution in [0.3, 0.4) is 0 Å². The second-order valence-corrected chi connectivity index (χ2v) is 21.1. The molecule has 0 N–H and O–H groups in total. The molecule has 7 aliphatic rings. The van der Waals surface area contributed by atoms with Crippen LogP contribution in [0.2, 0.25) is 0 Å². The molecule has 2 unspecified atom stereocenters. The van der Waals surface area contributed by atoms with Gasteiger partial charge in [0.25, 0.3) is 0 Å². The Hall–Kier alpha value is -0.160. The van der Waals surface area contributed by atoms with Gasteiger partial charge in [0, 0.05) is 26.2 Å². The predicted molar refractivity (Wildman–Crippen MR) is 240 cm³/mol. The first-order valence-corrected chi connectivity index (χ1v) is 23.8. The molecule has 2 atom stereocenters. The Morgan fingerprint density at radius 1 is 0.226 bits per heavy atom. The van der Waals surface area contributed by atoms with E-state index in [1.54, 1.807) is 0 Å². The Balaban J connectivity index is 0.000000310. The summed E-state index contributed by atoms with van der Waals surface area (Å²) in [6.07, 6.45) is 24.7. The van der Waals surface area contributed by atoms with Crippen LogP contribution in [-0.2, 0) is 0 Å². The van der Waals surface area contributed by atoms with Gasteiger partial charge in [-0.1, -0.05) is 146 Å². The minimum absolute atomic E-state index is 0.939. The Morgan fingerprint density at radius 2 is 0.472 bits per heavy atom. The molecule has 3 aliphatic carbocycles. The summed E-state index contributed by atoms with van der Waals surface area (Å²) in [6.45, 7) is 33.9. The highest BCUT2D eigenvalue weighted by Gasteiger charge is 2.17. The van der Waals surface area contributed by atoms with Crippen LogP contribution in [0.1, 0.15) is 178 Å². The zero-order valence-corrected chi connectivity index (χ0v) is 39.2. The first kappa shape index (κ1) is 50.9. The van der Waals surface area contributed by atoms with Crippen LogP contribution in [0.5, 0.6) is 0 Å². The van der Waals surface area contributed by atoms with Gasteiger partial charge in [0.2, 0.25) is 0 Å². The van der Waals surface area contributed by atoms with Crippen molar-refractivity contribution in [1.29, 1.82) is 0 Å². The summed E-state index contributed by atoms with van der Waals surface area (Å²) >= 11 is 0. The standard InChI is InChI=1S/3C8H16.2C7H15N.C6H13N.C5H11N/c4*1-7-3-5-8(2)6-4-7;1-7-4-3-5-8(2)6-7;1-6-3-4-7(2)5-6;1-5-3-6(2)4-5/h3*7-8H,3-6H2,1-2H3;2*7H,3-6H2,1-2H3;6H,3-5H2,1-2H3;5H,3-4H2,1-2H3. The molecule has 0 aromatic heterocycles. The van der Waals surface area contributed by atoms with E-state index in [4.69, 9.17) is 0 Å². The lowest BCUT2D eigenvalue weighted by Crippen LogP contribution is -2.41. The van der Waals surface area contributed by atoms with Gasteiger partial charge in [-0.2, -0.15) is 0 Å². The van der Waals surface area contributed by atoms with Crippen molar-refractivity contribution >= 4 is 0 Å². The quantitative estimate of drug-likeness (QED) is 0.245. The van der Waals surface area contributed by atoms with Gasteiger partial charge in [0.05, 0.1) is 0 Å². The molecule has 4 saturated heterocycles. The maximum absolute atomic E-state index is 2.41. The number of likely N-dealkylation sites (tertiary alicyclic amines) is 4. The summed E-state index contributed by atoms with van der Waals surface area (Å²) in [5, 5.41) is 0. The minimum atomic E-state index is 0.939. The third-order valence-corrected chi connectivity index (χ3v) is 13.7. The lowest BCUT2D eigenvalue weighted by atomic mass is 9.84. The lowest BCUT2D eigenvalue weighted by Gasteiger charge is -2.33. The second-order valence-electron chi connectivity index (χ2n) is 21.1. The van der Waals surface area contributed by atoms with E-state index in [0.29, 0.717) is 0 Å². The van der Waals surface area contributed by atoms with Gasteiger partial charge in [0.15, 0.2) is 0 Å². The van der Waals surface area contributed by atoms with Crippen molar-refractivity contribution in [2.75, 3.05) is 80.5 Å². The molecule has 0 aromatic carbocycles. The highest BCUT2D eigenvalue weighted by atomic mass is 15.2. The summed E-state index contributed by atoms with van der Waals surface area (Å²) in [5.41, 5.74) is 0. The van der Waals surface area contributed by atoms with E-state index in [1.807, 2.05) is 0 Å². The largest absolute Gasteiger partial charge is 0.306 e. The first-order chi connectivity index (χ1) is 25.0. The summed E-state index contributed by atoms with van der Waals surface area (Å²) in [4.78, 5) is 9.52. The maximum atomic E-state index is 2.41. The second kappa shape index (κ2) is 30.0. The summed E-state index contributed by atoms with van der Waals surface area (Å²) in [5.74, 6) is 9.95. The fourth-order valence-corrected chi connectivity index (χ4v) is 9.01. The van der Waals surface area contributed by atoms with Crippen LogP contribution >= 0.6 is 0 Å². The molecular weight excluding hydrogens is 645 g/mol. The van der Waals surface area contributed by atoms with Gasteiger partial charge in [-0.25, -0.2) is 0 Å². The molecule has 0 aromatic rings. The van der Waals surface area contributed by atoms with E-state index < -0.39 is 0 Å². The average Bonchev–Trinajstić information content (AvgIpc) is 3.49. The molecule has 318 valence electrons. The van der Waals surface area contributed by atoms with E-state index in [-0.39, 0.29) is 0 Å². The van der Waals surface area contributed by atoms with Crippen molar-refractivity contribution in [3.05, 3.63) is 0 Å². The zero-order valence-electron chi connectivity index (χ0n) is 39.2. The maximum Gasteiger partial charge on any atom is 0.00163 e. The Labute approximate surface area is 336 Å². The number of rotatable bonds is 0. The molecular formula is C49H102N4. The van der Waals surface area contributed by atoms with E-state index in [0.717, 1.165) is 59.2 Å². The van der Waals surface area contributed by atoms with Crippen LogP contribution < -0.4 is 0 Å².